The van der Waals surface area contributed by atoms with Crippen LogP contribution >= 0.6 is 47.8 Å². The molecule has 0 bridgehead atoms. The number of esters is 1. The summed E-state index contributed by atoms with van der Waals surface area (Å²) >= 11 is 10.5. The Hall–Kier alpha value is -0.850. The topological polar surface area (TPSA) is 38.3 Å². The average molecular weight is 478 g/mol. The minimum Gasteiger partial charge on any atom is -0.465 e. The number of hydrogen-bond acceptors (Lipinski definition) is 3. The number of carbonyl (C=O) groups is 1. The molecule has 0 atom stereocenters. The summed E-state index contributed by atoms with van der Waals surface area (Å²) in [6.45, 7) is 0.518. The first kappa shape index (κ1) is 16.5. The van der Waals surface area contributed by atoms with Crippen LogP contribution in [0.1, 0.15) is 15.9 Å². The van der Waals surface area contributed by atoms with Gasteiger partial charge in [-0.25, -0.2) is 4.79 Å². The molecule has 0 amide bonds. The molecule has 2 aromatic carbocycles. The van der Waals surface area contributed by atoms with E-state index in [4.69, 9.17) is 4.74 Å². The fraction of sp³-hybridized carbons (Fsp3) is 0.133. The first-order valence-corrected chi connectivity index (χ1v) is 8.45. The van der Waals surface area contributed by atoms with E-state index in [0.717, 1.165) is 24.7 Å². The molecule has 0 aliphatic heterocycles. The lowest BCUT2D eigenvalue weighted by molar-refractivity contribution is 0.0599. The predicted molar refractivity (Wildman–Crippen MR) is 94.7 cm³/mol. The van der Waals surface area contributed by atoms with Crippen LogP contribution in [0.4, 0.5) is 5.69 Å². The Labute approximate surface area is 148 Å². The molecule has 0 saturated carbocycles. The zero-order valence-electron chi connectivity index (χ0n) is 11.1. The Bertz CT molecular complexity index is 651. The molecule has 0 fully saturated rings. The number of methoxy groups -OCH3 is 1. The van der Waals surface area contributed by atoms with E-state index >= 15 is 0 Å². The molecule has 3 nitrogen and oxygen atoms in total. The molecule has 0 aliphatic carbocycles. The molecule has 110 valence electrons. The molecule has 0 aliphatic rings. The normalized spacial score (nSPS) is 10.3. The van der Waals surface area contributed by atoms with Gasteiger partial charge in [0.05, 0.1) is 18.4 Å². The first-order valence-electron chi connectivity index (χ1n) is 6.07. The van der Waals surface area contributed by atoms with Crippen LogP contribution in [-0.4, -0.2) is 13.1 Å². The summed E-state index contributed by atoms with van der Waals surface area (Å²) in [5.74, 6) is -0.332. The number of nitrogens with one attached hydrogen (secondary N) is 1. The van der Waals surface area contributed by atoms with Crippen molar-refractivity contribution in [1.82, 2.24) is 0 Å². The largest absolute Gasteiger partial charge is 0.465 e. The van der Waals surface area contributed by atoms with Gasteiger partial charge in [-0.1, -0.05) is 34.1 Å². The Balaban J connectivity index is 2.23. The summed E-state index contributed by atoms with van der Waals surface area (Å²) in [5.41, 5.74) is 2.38. The van der Waals surface area contributed by atoms with Gasteiger partial charge in [-0.05, 0) is 55.6 Å². The van der Waals surface area contributed by atoms with E-state index in [2.05, 4.69) is 53.1 Å². The number of benzene rings is 2. The Morgan fingerprint density at radius 2 is 1.76 bits per heavy atom. The third kappa shape index (κ3) is 4.08. The van der Waals surface area contributed by atoms with Gasteiger partial charge in [0, 0.05) is 20.0 Å². The van der Waals surface area contributed by atoms with Gasteiger partial charge < -0.3 is 10.1 Å². The molecule has 2 aromatic rings. The van der Waals surface area contributed by atoms with Crippen molar-refractivity contribution in [2.45, 2.75) is 6.54 Å². The number of ether oxygens (including phenoxy) is 1. The fourth-order valence-electron chi connectivity index (χ4n) is 1.88. The van der Waals surface area contributed by atoms with Gasteiger partial charge in [-0.15, -0.1) is 0 Å². The summed E-state index contributed by atoms with van der Waals surface area (Å²) in [4.78, 5) is 11.7. The molecular weight excluding hydrogens is 466 g/mol. The number of halogens is 3. The maximum Gasteiger partial charge on any atom is 0.338 e. The van der Waals surface area contributed by atoms with Crippen LogP contribution in [0.15, 0.2) is 49.8 Å². The monoisotopic (exact) mass is 475 g/mol. The van der Waals surface area contributed by atoms with Gasteiger partial charge in [0.25, 0.3) is 0 Å². The molecule has 0 aromatic heterocycles. The second-order valence-corrected chi connectivity index (χ2v) is 6.87. The van der Waals surface area contributed by atoms with Gasteiger partial charge in [0.15, 0.2) is 0 Å². The van der Waals surface area contributed by atoms with E-state index in [1.807, 2.05) is 30.3 Å². The SMILES string of the molecule is COC(=O)c1ccccc1CNc1c(Br)cc(Br)cc1Br. The van der Waals surface area contributed by atoms with E-state index in [1.165, 1.54) is 7.11 Å². The van der Waals surface area contributed by atoms with Crippen molar-refractivity contribution in [1.29, 1.82) is 0 Å². The van der Waals surface area contributed by atoms with Crippen molar-refractivity contribution in [2.75, 3.05) is 12.4 Å². The van der Waals surface area contributed by atoms with E-state index < -0.39 is 0 Å². The van der Waals surface area contributed by atoms with Gasteiger partial charge in [0.1, 0.15) is 0 Å². The fourth-order valence-corrected chi connectivity index (χ4v) is 4.42. The highest BCUT2D eigenvalue weighted by molar-refractivity contribution is 9.11. The zero-order chi connectivity index (χ0) is 15.4. The Morgan fingerprint density at radius 3 is 2.38 bits per heavy atom. The maximum absolute atomic E-state index is 11.7. The van der Waals surface area contributed by atoms with Crippen LogP contribution in [-0.2, 0) is 11.3 Å². The van der Waals surface area contributed by atoms with Crippen molar-refractivity contribution in [2.24, 2.45) is 0 Å². The van der Waals surface area contributed by atoms with Crippen LogP contribution in [0.2, 0.25) is 0 Å². The number of anilines is 1. The highest BCUT2D eigenvalue weighted by Gasteiger charge is 2.12. The van der Waals surface area contributed by atoms with Gasteiger partial charge in [0.2, 0.25) is 0 Å². The second-order valence-electron chi connectivity index (χ2n) is 4.25. The molecule has 0 saturated heterocycles. The van der Waals surface area contributed by atoms with Crippen LogP contribution < -0.4 is 5.32 Å². The maximum atomic E-state index is 11.7. The molecule has 0 heterocycles. The minimum absolute atomic E-state index is 0.332. The molecule has 1 N–H and O–H groups in total. The predicted octanol–water partition coefficient (Wildman–Crippen LogP) is 5.37. The minimum atomic E-state index is -0.332. The van der Waals surface area contributed by atoms with E-state index in [0.29, 0.717) is 12.1 Å². The van der Waals surface area contributed by atoms with Gasteiger partial charge in [-0.2, -0.15) is 0 Å². The molecule has 0 unspecified atom stereocenters. The number of rotatable bonds is 4. The highest BCUT2D eigenvalue weighted by Crippen LogP contribution is 2.34. The van der Waals surface area contributed by atoms with Crippen molar-refractivity contribution in [3.63, 3.8) is 0 Å². The molecule has 0 spiro atoms. The lowest BCUT2D eigenvalue weighted by atomic mass is 10.1. The molecule has 2 rings (SSSR count). The summed E-state index contributed by atoms with van der Waals surface area (Å²) in [6, 6.07) is 11.3. The molecule has 0 radical (unpaired) electrons. The van der Waals surface area contributed by atoms with Crippen molar-refractivity contribution in [3.8, 4) is 0 Å². The summed E-state index contributed by atoms with van der Waals surface area (Å²) in [7, 11) is 1.38. The number of carbonyl (C=O) groups excluding carboxylic acids is 1. The van der Waals surface area contributed by atoms with Crippen LogP contribution in [0.25, 0.3) is 0 Å². The lowest BCUT2D eigenvalue weighted by Crippen LogP contribution is -2.09. The summed E-state index contributed by atoms with van der Waals surface area (Å²) in [5, 5.41) is 3.32. The first-order chi connectivity index (χ1) is 10.0. The highest BCUT2D eigenvalue weighted by atomic mass is 79.9. The Morgan fingerprint density at radius 1 is 1.14 bits per heavy atom. The van der Waals surface area contributed by atoms with E-state index in [-0.39, 0.29) is 5.97 Å². The van der Waals surface area contributed by atoms with E-state index in [1.54, 1.807) is 6.07 Å². The quantitative estimate of drug-likeness (QED) is 0.601. The average Bonchev–Trinajstić information content (AvgIpc) is 2.45. The van der Waals surface area contributed by atoms with Crippen LogP contribution in [0.3, 0.4) is 0 Å². The summed E-state index contributed by atoms with van der Waals surface area (Å²) in [6.07, 6.45) is 0. The molecule has 21 heavy (non-hydrogen) atoms. The van der Waals surface area contributed by atoms with Gasteiger partial charge >= 0.3 is 5.97 Å². The third-order valence-corrected chi connectivity index (χ3v) is 4.59. The molecule has 6 heteroatoms. The summed E-state index contributed by atoms with van der Waals surface area (Å²) < 4.78 is 7.63. The van der Waals surface area contributed by atoms with Crippen LogP contribution in [0.5, 0.6) is 0 Å². The van der Waals surface area contributed by atoms with Crippen molar-refractivity contribution < 1.29 is 9.53 Å². The standard InChI is InChI=1S/C15H12Br3NO2/c1-21-15(20)11-5-3-2-4-9(11)8-19-14-12(17)6-10(16)7-13(14)18/h2-7,19H,8H2,1H3. The third-order valence-electron chi connectivity index (χ3n) is 2.89. The number of hydrogen-bond donors (Lipinski definition) is 1. The molecular formula is C15H12Br3NO2. The Kier molecular flexibility index (Phi) is 5.84. The van der Waals surface area contributed by atoms with Crippen molar-refractivity contribution in [3.05, 3.63) is 60.9 Å². The zero-order valence-corrected chi connectivity index (χ0v) is 15.9. The van der Waals surface area contributed by atoms with Crippen LogP contribution in [0, 0.1) is 0 Å². The smallest absolute Gasteiger partial charge is 0.338 e. The second kappa shape index (κ2) is 7.42. The van der Waals surface area contributed by atoms with Crippen molar-refractivity contribution >= 4 is 59.4 Å². The van der Waals surface area contributed by atoms with E-state index in [9.17, 15) is 4.79 Å². The lowest BCUT2D eigenvalue weighted by Gasteiger charge is -2.13. The van der Waals surface area contributed by atoms with Gasteiger partial charge in [-0.3, -0.25) is 0 Å².